The Balaban J connectivity index is 1.10. The Bertz CT molecular complexity index is 2830. The first kappa shape index (κ1) is 29.1. The van der Waals surface area contributed by atoms with Gasteiger partial charge in [-0.05, 0) is 57.3 Å². The van der Waals surface area contributed by atoms with Crippen LogP contribution >= 0.6 is 0 Å². The predicted molar refractivity (Wildman–Crippen MR) is 212 cm³/mol. The third-order valence-corrected chi connectivity index (χ3v) is 9.87. The summed E-state index contributed by atoms with van der Waals surface area (Å²) in [7, 11) is 0. The number of hydrogen-bond acceptors (Lipinski definition) is 3. The van der Waals surface area contributed by atoms with Crippen molar-refractivity contribution in [2.24, 2.45) is 0 Å². The van der Waals surface area contributed by atoms with Crippen LogP contribution in [0.25, 0.3) is 99.6 Å². The molecule has 3 heterocycles. The van der Waals surface area contributed by atoms with Gasteiger partial charge in [-0.1, -0.05) is 158 Å². The van der Waals surface area contributed by atoms with Crippen molar-refractivity contribution in [3.63, 3.8) is 0 Å². The standard InChI is InChI=1S/C48H30N2O/c1-3-12-31(13-4-1)37-29-42(34-15-5-2-6-16-34)49-43(30-37)35-24-22-32(23-25-35)36-26-27-40-44(28-36)50-47(39-20-11-17-33-14-7-8-18-38(33)39)48-46(40)41-19-9-10-21-45(41)51-48/h1-30H. The van der Waals surface area contributed by atoms with Crippen LogP contribution < -0.4 is 0 Å². The Morgan fingerprint density at radius 2 is 0.961 bits per heavy atom. The van der Waals surface area contributed by atoms with Gasteiger partial charge in [0.15, 0.2) is 5.58 Å². The zero-order valence-electron chi connectivity index (χ0n) is 27.6. The van der Waals surface area contributed by atoms with Gasteiger partial charge in [-0.25, -0.2) is 9.97 Å². The average molecular weight is 651 g/mol. The highest BCUT2D eigenvalue weighted by Crippen LogP contribution is 2.42. The minimum Gasteiger partial charge on any atom is -0.454 e. The summed E-state index contributed by atoms with van der Waals surface area (Å²) < 4.78 is 6.57. The van der Waals surface area contributed by atoms with E-state index in [-0.39, 0.29) is 0 Å². The molecule has 3 nitrogen and oxygen atoms in total. The Hall–Kier alpha value is -6.84. The minimum atomic E-state index is 0.817. The molecule has 0 unspecified atom stereocenters. The number of aromatic nitrogens is 2. The second-order valence-electron chi connectivity index (χ2n) is 13.0. The molecule has 0 spiro atoms. The van der Waals surface area contributed by atoms with Crippen LogP contribution in [0.4, 0.5) is 0 Å². The van der Waals surface area contributed by atoms with Crippen molar-refractivity contribution in [1.29, 1.82) is 0 Å². The first-order valence-corrected chi connectivity index (χ1v) is 17.2. The van der Waals surface area contributed by atoms with Crippen LogP contribution in [0.5, 0.6) is 0 Å². The van der Waals surface area contributed by atoms with Gasteiger partial charge in [-0.3, -0.25) is 0 Å². The smallest absolute Gasteiger partial charge is 0.162 e. The molecule has 0 saturated carbocycles. The molecule has 7 aromatic carbocycles. The van der Waals surface area contributed by atoms with Crippen LogP contribution in [0.3, 0.4) is 0 Å². The highest BCUT2D eigenvalue weighted by atomic mass is 16.3. The number of hydrogen-bond donors (Lipinski definition) is 0. The van der Waals surface area contributed by atoms with Crippen molar-refractivity contribution >= 4 is 43.6 Å². The lowest BCUT2D eigenvalue weighted by molar-refractivity contribution is 0.669. The lowest BCUT2D eigenvalue weighted by atomic mass is 9.96. The topological polar surface area (TPSA) is 38.9 Å². The number of benzene rings is 7. The average Bonchev–Trinajstić information content (AvgIpc) is 3.61. The van der Waals surface area contributed by atoms with Crippen LogP contribution in [0.1, 0.15) is 0 Å². The van der Waals surface area contributed by atoms with E-state index in [0.717, 1.165) is 88.7 Å². The molecule has 3 heteroatoms. The van der Waals surface area contributed by atoms with Crippen molar-refractivity contribution in [3.8, 4) is 56.0 Å². The maximum absolute atomic E-state index is 6.57. The third-order valence-electron chi connectivity index (χ3n) is 9.87. The summed E-state index contributed by atoms with van der Waals surface area (Å²) in [4.78, 5) is 10.5. The van der Waals surface area contributed by atoms with E-state index in [1.54, 1.807) is 0 Å². The zero-order valence-corrected chi connectivity index (χ0v) is 27.6. The van der Waals surface area contributed by atoms with Gasteiger partial charge in [0.2, 0.25) is 0 Å². The first-order chi connectivity index (χ1) is 25.3. The van der Waals surface area contributed by atoms with Gasteiger partial charge in [-0.2, -0.15) is 0 Å². The van der Waals surface area contributed by atoms with Gasteiger partial charge >= 0.3 is 0 Å². The molecule has 0 fully saturated rings. The molecule has 0 N–H and O–H groups in total. The predicted octanol–water partition coefficient (Wildman–Crippen LogP) is 13.0. The summed E-state index contributed by atoms with van der Waals surface area (Å²) in [5.41, 5.74) is 13.1. The fourth-order valence-corrected chi connectivity index (χ4v) is 7.35. The summed E-state index contributed by atoms with van der Waals surface area (Å²) in [5.74, 6) is 0. The fraction of sp³-hybridized carbons (Fsp3) is 0. The molecule has 10 aromatic rings. The van der Waals surface area contributed by atoms with Crippen LogP contribution in [0.2, 0.25) is 0 Å². The Morgan fingerprint density at radius 3 is 1.75 bits per heavy atom. The maximum Gasteiger partial charge on any atom is 0.162 e. The number of nitrogens with zero attached hydrogens (tertiary/aromatic N) is 2. The van der Waals surface area contributed by atoms with E-state index in [4.69, 9.17) is 14.4 Å². The largest absolute Gasteiger partial charge is 0.454 e. The molecule has 0 aliphatic carbocycles. The molecular weight excluding hydrogens is 621 g/mol. The van der Waals surface area contributed by atoms with Crippen LogP contribution in [0.15, 0.2) is 186 Å². The number of furan rings is 1. The minimum absolute atomic E-state index is 0.817. The van der Waals surface area contributed by atoms with Crippen LogP contribution in [-0.2, 0) is 0 Å². The van der Waals surface area contributed by atoms with Crippen molar-refractivity contribution < 1.29 is 4.42 Å². The van der Waals surface area contributed by atoms with Gasteiger partial charge in [0.1, 0.15) is 11.3 Å². The summed E-state index contributed by atoms with van der Waals surface area (Å²) >= 11 is 0. The molecule has 0 radical (unpaired) electrons. The monoisotopic (exact) mass is 650 g/mol. The summed E-state index contributed by atoms with van der Waals surface area (Å²) in [6.07, 6.45) is 0. The molecule has 51 heavy (non-hydrogen) atoms. The molecule has 238 valence electrons. The van der Waals surface area contributed by atoms with E-state index in [1.807, 2.05) is 18.2 Å². The number of fused-ring (bicyclic) bond motifs is 6. The van der Waals surface area contributed by atoms with E-state index in [1.165, 1.54) is 10.9 Å². The fourth-order valence-electron chi connectivity index (χ4n) is 7.35. The van der Waals surface area contributed by atoms with E-state index < -0.39 is 0 Å². The van der Waals surface area contributed by atoms with E-state index in [0.29, 0.717) is 0 Å². The summed E-state index contributed by atoms with van der Waals surface area (Å²) in [5, 5.41) is 5.60. The Kier molecular flexibility index (Phi) is 6.81. The van der Waals surface area contributed by atoms with Gasteiger partial charge in [-0.15, -0.1) is 0 Å². The second-order valence-corrected chi connectivity index (χ2v) is 13.0. The van der Waals surface area contributed by atoms with Crippen molar-refractivity contribution in [2.75, 3.05) is 0 Å². The van der Waals surface area contributed by atoms with Gasteiger partial charge in [0.25, 0.3) is 0 Å². The SMILES string of the molecule is c1ccc(-c2cc(-c3ccccc3)nc(-c3ccc(-c4ccc5c(c4)nc(-c4cccc6ccccc46)c4oc6ccccc6c45)cc3)c2)cc1. The quantitative estimate of drug-likeness (QED) is 0.186. The van der Waals surface area contributed by atoms with E-state index >= 15 is 0 Å². The van der Waals surface area contributed by atoms with Crippen molar-refractivity contribution in [3.05, 3.63) is 182 Å². The van der Waals surface area contributed by atoms with E-state index in [9.17, 15) is 0 Å². The van der Waals surface area contributed by atoms with Crippen molar-refractivity contribution in [1.82, 2.24) is 9.97 Å². The molecule has 0 atom stereocenters. The summed E-state index contributed by atoms with van der Waals surface area (Å²) in [6.45, 7) is 0. The first-order valence-electron chi connectivity index (χ1n) is 17.2. The Labute approximate surface area is 295 Å². The van der Waals surface area contributed by atoms with Gasteiger partial charge in [0.05, 0.1) is 16.9 Å². The van der Waals surface area contributed by atoms with Gasteiger partial charge in [0, 0.05) is 32.8 Å². The third kappa shape index (κ3) is 5.06. The molecule has 0 bridgehead atoms. The highest BCUT2D eigenvalue weighted by Gasteiger charge is 2.19. The number of rotatable bonds is 5. The Morgan fingerprint density at radius 1 is 0.373 bits per heavy atom. The second kappa shape index (κ2) is 11.9. The molecule has 10 rings (SSSR count). The van der Waals surface area contributed by atoms with Crippen molar-refractivity contribution in [2.45, 2.75) is 0 Å². The normalized spacial score (nSPS) is 11.5. The molecular formula is C48H30N2O. The van der Waals surface area contributed by atoms with Crippen LogP contribution in [0, 0.1) is 0 Å². The highest BCUT2D eigenvalue weighted by molar-refractivity contribution is 6.22. The van der Waals surface area contributed by atoms with Crippen LogP contribution in [-0.4, -0.2) is 9.97 Å². The lowest BCUT2D eigenvalue weighted by Crippen LogP contribution is -1.92. The molecule has 0 saturated heterocycles. The van der Waals surface area contributed by atoms with Gasteiger partial charge < -0.3 is 4.42 Å². The molecule has 0 aliphatic heterocycles. The number of para-hydroxylation sites is 1. The maximum atomic E-state index is 6.57. The molecule has 0 aliphatic rings. The zero-order chi connectivity index (χ0) is 33.7. The molecule has 0 amide bonds. The lowest BCUT2D eigenvalue weighted by Gasteiger charge is -2.12. The number of pyridine rings is 2. The summed E-state index contributed by atoms with van der Waals surface area (Å²) in [6, 6.07) is 63.7. The molecule has 3 aromatic heterocycles. The van der Waals surface area contributed by atoms with E-state index in [2.05, 4.69) is 164 Å².